The number of fused-ring (bicyclic) bond motifs is 1. The van der Waals surface area contributed by atoms with E-state index in [0.29, 0.717) is 23.0 Å². The molecule has 2 aromatic rings. The van der Waals surface area contributed by atoms with Gasteiger partial charge in [0.25, 0.3) is 0 Å². The normalized spacial score (nSPS) is 21.4. The standard InChI is InChI=1S/C22H24ClN3O2/c23-17-8-6-16(7-9-17)20-21(27)18-4-1-2-5-19(18)25-22(20)24-10-3-11-26-12-14-28-15-13-26/h1-2,4-9,20H,3,10-15H2,(H,24,25). The number of morpholine rings is 1. The minimum Gasteiger partial charge on any atom is -0.379 e. The highest BCUT2D eigenvalue weighted by Crippen LogP contribution is 2.32. The third-order valence-electron chi connectivity index (χ3n) is 5.21. The number of anilines is 1. The van der Waals surface area contributed by atoms with Crippen LogP contribution in [0.25, 0.3) is 0 Å². The molecule has 1 atom stereocenters. The third kappa shape index (κ3) is 4.27. The first-order chi connectivity index (χ1) is 13.7. The fourth-order valence-corrected chi connectivity index (χ4v) is 3.84. The first-order valence-corrected chi connectivity index (χ1v) is 10.1. The van der Waals surface area contributed by atoms with E-state index in [0.717, 1.165) is 50.5 Å². The van der Waals surface area contributed by atoms with Crippen LogP contribution >= 0.6 is 11.6 Å². The van der Waals surface area contributed by atoms with Gasteiger partial charge in [-0.1, -0.05) is 35.9 Å². The molecule has 28 heavy (non-hydrogen) atoms. The van der Waals surface area contributed by atoms with Gasteiger partial charge in [0.1, 0.15) is 11.8 Å². The summed E-state index contributed by atoms with van der Waals surface area (Å²) < 4.78 is 5.39. The fraction of sp³-hybridized carbons (Fsp3) is 0.364. The number of carbonyl (C=O) groups is 1. The van der Waals surface area contributed by atoms with Crippen LogP contribution in [0.1, 0.15) is 28.3 Å². The van der Waals surface area contributed by atoms with Gasteiger partial charge >= 0.3 is 0 Å². The quantitative estimate of drug-likeness (QED) is 0.778. The first-order valence-electron chi connectivity index (χ1n) is 9.72. The number of benzene rings is 2. The van der Waals surface area contributed by atoms with Gasteiger partial charge in [-0.25, -0.2) is 0 Å². The SMILES string of the molecule is O=C1c2ccccc2NC(=NCCCN2CCOCC2)C1c1ccc(Cl)cc1. The van der Waals surface area contributed by atoms with Gasteiger partial charge in [-0.2, -0.15) is 0 Å². The van der Waals surface area contributed by atoms with Crippen molar-refractivity contribution in [2.24, 2.45) is 4.99 Å². The second-order valence-electron chi connectivity index (χ2n) is 7.09. The Labute approximate surface area is 170 Å². The van der Waals surface area contributed by atoms with Crippen LogP contribution in [0.2, 0.25) is 5.02 Å². The number of aliphatic imine (C=N–C) groups is 1. The van der Waals surface area contributed by atoms with E-state index in [1.165, 1.54) is 0 Å². The average Bonchev–Trinajstić information content (AvgIpc) is 2.73. The summed E-state index contributed by atoms with van der Waals surface area (Å²) in [4.78, 5) is 20.4. The molecule has 0 bridgehead atoms. The second kappa shape index (κ2) is 8.86. The van der Waals surface area contributed by atoms with E-state index in [9.17, 15) is 4.79 Å². The van der Waals surface area contributed by atoms with E-state index in [1.807, 2.05) is 48.5 Å². The number of hydrogen-bond acceptors (Lipinski definition) is 4. The number of Topliss-reactive ketones (excluding diaryl/α,β-unsaturated/α-hetero) is 1. The van der Waals surface area contributed by atoms with Crippen molar-refractivity contribution >= 4 is 28.9 Å². The smallest absolute Gasteiger partial charge is 0.179 e. The zero-order valence-corrected chi connectivity index (χ0v) is 16.5. The van der Waals surface area contributed by atoms with E-state index in [4.69, 9.17) is 21.3 Å². The van der Waals surface area contributed by atoms with Gasteiger partial charge in [0.05, 0.1) is 18.9 Å². The lowest BCUT2D eigenvalue weighted by Crippen LogP contribution is -2.37. The van der Waals surface area contributed by atoms with Gasteiger partial charge < -0.3 is 10.1 Å². The van der Waals surface area contributed by atoms with E-state index >= 15 is 0 Å². The predicted molar refractivity (Wildman–Crippen MR) is 113 cm³/mol. The Morgan fingerprint density at radius 2 is 1.86 bits per heavy atom. The number of halogens is 1. The molecule has 6 heteroatoms. The summed E-state index contributed by atoms with van der Waals surface area (Å²) in [5.41, 5.74) is 2.43. The number of ether oxygens (including phenoxy) is 1. The molecule has 2 heterocycles. The number of hydrogen-bond donors (Lipinski definition) is 1. The molecule has 2 aliphatic rings. The van der Waals surface area contributed by atoms with Crippen LogP contribution in [0, 0.1) is 0 Å². The van der Waals surface area contributed by atoms with Crippen LogP contribution in [-0.2, 0) is 4.74 Å². The van der Waals surface area contributed by atoms with E-state index < -0.39 is 5.92 Å². The number of nitrogens with zero attached hydrogens (tertiary/aromatic N) is 2. The van der Waals surface area contributed by atoms with E-state index in [1.54, 1.807) is 0 Å². The van der Waals surface area contributed by atoms with Gasteiger partial charge in [-0.3, -0.25) is 14.7 Å². The maximum Gasteiger partial charge on any atom is 0.179 e. The molecule has 0 aliphatic carbocycles. The molecule has 0 radical (unpaired) electrons. The fourth-order valence-electron chi connectivity index (χ4n) is 3.71. The van der Waals surface area contributed by atoms with Gasteiger partial charge in [-0.05, 0) is 36.2 Å². The van der Waals surface area contributed by atoms with Crippen molar-refractivity contribution in [2.45, 2.75) is 12.3 Å². The Bertz CT molecular complexity index is 860. The number of para-hydroxylation sites is 1. The topological polar surface area (TPSA) is 53.9 Å². The van der Waals surface area contributed by atoms with Crippen molar-refractivity contribution in [1.29, 1.82) is 0 Å². The molecule has 5 nitrogen and oxygen atoms in total. The molecule has 0 amide bonds. The number of nitrogens with one attached hydrogen (secondary N) is 1. The lowest BCUT2D eigenvalue weighted by molar-refractivity contribution is 0.0377. The lowest BCUT2D eigenvalue weighted by atomic mass is 9.86. The van der Waals surface area contributed by atoms with Gasteiger partial charge in [0, 0.05) is 36.8 Å². The zero-order valence-electron chi connectivity index (χ0n) is 15.7. The summed E-state index contributed by atoms with van der Waals surface area (Å²) in [5, 5.41) is 4.05. The number of rotatable bonds is 5. The summed E-state index contributed by atoms with van der Waals surface area (Å²) in [6.45, 7) is 5.25. The van der Waals surface area contributed by atoms with Crippen molar-refractivity contribution in [3.8, 4) is 0 Å². The van der Waals surface area contributed by atoms with Crippen LogP contribution in [0.4, 0.5) is 5.69 Å². The van der Waals surface area contributed by atoms with E-state index in [-0.39, 0.29) is 5.78 Å². The Kier molecular flexibility index (Phi) is 6.05. The summed E-state index contributed by atoms with van der Waals surface area (Å²) >= 11 is 6.04. The zero-order chi connectivity index (χ0) is 19.3. The molecule has 2 aromatic carbocycles. The van der Waals surface area contributed by atoms with Gasteiger partial charge in [0.2, 0.25) is 0 Å². The van der Waals surface area contributed by atoms with Crippen LogP contribution in [0.5, 0.6) is 0 Å². The van der Waals surface area contributed by atoms with Crippen LogP contribution in [0.15, 0.2) is 53.5 Å². The molecular formula is C22H24ClN3O2. The molecule has 0 aromatic heterocycles. The molecule has 1 fully saturated rings. The van der Waals surface area contributed by atoms with Crippen LogP contribution in [-0.4, -0.2) is 55.9 Å². The lowest BCUT2D eigenvalue weighted by Gasteiger charge is -2.28. The highest BCUT2D eigenvalue weighted by Gasteiger charge is 2.33. The predicted octanol–water partition coefficient (Wildman–Crippen LogP) is 3.85. The Balaban J connectivity index is 1.53. The summed E-state index contributed by atoms with van der Waals surface area (Å²) in [5.74, 6) is 0.368. The summed E-state index contributed by atoms with van der Waals surface area (Å²) in [6, 6.07) is 15.1. The number of ketones is 1. The maximum atomic E-state index is 13.2. The molecule has 0 spiro atoms. The summed E-state index contributed by atoms with van der Waals surface area (Å²) in [6.07, 6.45) is 0.953. The Morgan fingerprint density at radius 3 is 2.64 bits per heavy atom. The third-order valence-corrected chi connectivity index (χ3v) is 5.46. The minimum atomic E-state index is -0.421. The van der Waals surface area contributed by atoms with Gasteiger partial charge in [0.15, 0.2) is 5.78 Å². The van der Waals surface area contributed by atoms with Crippen molar-refractivity contribution in [1.82, 2.24) is 4.90 Å². The molecular weight excluding hydrogens is 374 g/mol. The summed E-state index contributed by atoms with van der Waals surface area (Å²) in [7, 11) is 0. The van der Waals surface area contributed by atoms with Crippen molar-refractivity contribution in [3.63, 3.8) is 0 Å². The number of amidine groups is 1. The molecule has 0 saturated carbocycles. The van der Waals surface area contributed by atoms with Crippen molar-refractivity contribution in [2.75, 3.05) is 44.7 Å². The molecule has 2 aliphatic heterocycles. The minimum absolute atomic E-state index is 0.0728. The highest BCUT2D eigenvalue weighted by atomic mass is 35.5. The van der Waals surface area contributed by atoms with Crippen molar-refractivity contribution in [3.05, 3.63) is 64.7 Å². The molecule has 146 valence electrons. The molecule has 1 saturated heterocycles. The second-order valence-corrected chi connectivity index (χ2v) is 7.53. The first kappa shape index (κ1) is 19.1. The van der Waals surface area contributed by atoms with Crippen LogP contribution < -0.4 is 5.32 Å². The van der Waals surface area contributed by atoms with Crippen molar-refractivity contribution < 1.29 is 9.53 Å². The largest absolute Gasteiger partial charge is 0.379 e. The molecule has 4 rings (SSSR count). The Morgan fingerprint density at radius 1 is 1.11 bits per heavy atom. The monoisotopic (exact) mass is 397 g/mol. The molecule has 1 unspecified atom stereocenters. The number of carbonyl (C=O) groups excluding carboxylic acids is 1. The van der Waals surface area contributed by atoms with Gasteiger partial charge in [-0.15, -0.1) is 0 Å². The Hall–Kier alpha value is -2.21. The van der Waals surface area contributed by atoms with Crippen LogP contribution in [0.3, 0.4) is 0 Å². The maximum absolute atomic E-state index is 13.2. The van der Waals surface area contributed by atoms with E-state index in [2.05, 4.69) is 10.2 Å². The highest BCUT2D eigenvalue weighted by molar-refractivity contribution is 6.30. The molecule has 1 N–H and O–H groups in total. The average molecular weight is 398 g/mol.